The van der Waals surface area contributed by atoms with Crippen LogP contribution in [0.25, 0.3) is 0 Å². The third-order valence-electron chi connectivity index (χ3n) is 2.68. The number of nitrogens with zero attached hydrogens (tertiary/aromatic N) is 3. The number of benzene rings is 1. The summed E-state index contributed by atoms with van der Waals surface area (Å²) in [6.07, 6.45) is 0. The molecule has 2 aromatic rings. The number of hydrogen-bond acceptors (Lipinski definition) is 6. The van der Waals surface area contributed by atoms with Gasteiger partial charge in [0.2, 0.25) is 0 Å². The molecule has 0 saturated heterocycles. The van der Waals surface area contributed by atoms with Gasteiger partial charge in [-0.2, -0.15) is 0 Å². The number of methoxy groups -OCH3 is 1. The number of aromatic nitrogens is 3. The summed E-state index contributed by atoms with van der Waals surface area (Å²) in [6.45, 7) is 0.220. The van der Waals surface area contributed by atoms with Crippen molar-refractivity contribution in [1.82, 2.24) is 14.8 Å². The first-order valence-corrected chi connectivity index (χ1v) is 7.09. The lowest BCUT2D eigenvalue weighted by atomic mass is 10.3. The Labute approximate surface area is 125 Å². The standard InChI is InChI=1S/C13H15N3O4S/c1-16-11(14-15-13(16)21-8-12(17)18)7-20-10-6-4-3-5-9(10)19-2/h3-6H,7-8H2,1-2H3,(H,17,18). The predicted molar refractivity (Wildman–Crippen MR) is 76.7 cm³/mol. The molecule has 2 rings (SSSR count). The van der Waals surface area contributed by atoms with Gasteiger partial charge in [-0.05, 0) is 12.1 Å². The molecule has 8 heteroatoms. The molecule has 0 aliphatic rings. The maximum Gasteiger partial charge on any atom is 0.313 e. The van der Waals surface area contributed by atoms with Gasteiger partial charge in [-0.15, -0.1) is 10.2 Å². The Morgan fingerprint density at radius 2 is 2.05 bits per heavy atom. The number of carbonyl (C=O) groups is 1. The summed E-state index contributed by atoms with van der Waals surface area (Å²) in [5.74, 6) is 0.908. The Bertz CT molecular complexity index is 630. The van der Waals surface area contributed by atoms with Gasteiger partial charge in [0.05, 0.1) is 12.9 Å². The van der Waals surface area contributed by atoms with E-state index in [-0.39, 0.29) is 12.4 Å². The summed E-state index contributed by atoms with van der Waals surface area (Å²) in [5.41, 5.74) is 0. The number of thioether (sulfide) groups is 1. The van der Waals surface area contributed by atoms with E-state index >= 15 is 0 Å². The Morgan fingerprint density at radius 3 is 2.71 bits per heavy atom. The van der Waals surface area contributed by atoms with Crippen molar-refractivity contribution in [2.45, 2.75) is 11.8 Å². The summed E-state index contributed by atoms with van der Waals surface area (Å²) in [4.78, 5) is 10.6. The van der Waals surface area contributed by atoms with E-state index < -0.39 is 5.97 Å². The lowest BCUT2D eigenvalue weighted by Gasteiger charge is -2.09. The minimum Gasteiger partial charge on any atom is -0.493 e. The van der Waals surface area contributed by atoms with Crippen molar-refractivity contribution in [3.8, 4) is 11.5 Å². The smallest absolute Gasteiger partial charge is 0.313 e. The quantitative estimate of drug-likeness (QED) is 0.777. The van der Waals surface area contributed by atoms with Crippen LogP contribution in [-0.4, -0.2) is 38.7 Å². The maximum atomic E-state index is 10.6. The maximum absolute atomic E-state index is 10.6. The first-order chi connectivity index (χ1) is 10.1. The van der Waals surface area contributed by atoms with E-state index in [1.165, 1.54) is 0 Å². The fraction of sp³-hybridized carbons (Fsp3) is 0.308. The third kappa shape index (κ3) is 3.88. The zero-order chi connectivity index (χ0) is 15.2. The largest absolute Gasteiger partial charge is 0.493 e. The molecular formula is C13H15N3O4S. The monoisotopic (exact) mass is 309 g/mol. The normalized spacial score (nSPS) is 10.4. The molecule has 1 heterocycles. The Hall–Kier alpha value is -2.22. The van der Waals surface area contributed by atoms with Crippen LogP contribution in [-0.2, 0) is 18.4 Å². The van der Waals surface area contributed by atoms with E-state index in [0.717, 1.165) is 11.8 Å². The Morgan fingerprint density at radius 1 is 1.33 bits per heavy atom. The van der Waals surface area contributed by atoms with Crippen LogP contribution in [0.2, 0.25) is 0 Å². The number of carboxylic acids is 1. The van der Waals surface area contributed by atoms with Crippen molar-refractivity contribution in [2.24, 2.45) is 7.05 Å². The number of hydrogen-bond donors (Lipinski definition) is 1. The number of rotatable bonds is 7. The van der Waals surface area contributed by atoms with Crippen LogP contribution < -0.4 is 9.47 Å². The zero-order valence-electron chi connectivity index (χ0n) is 11.6. The zero-order valence-corrected chi connectivity index (χ0v) is 12.5. The van der Waals surface area contributed by atoms with Crippen molar-refractivity contribution >= 4 is 17.7 Å². The predicted octanol–water partition coefficient (Wildman–Crippen LogP) is 1.58. The molecule has 0 fully saturated rings. The summed E-state index contributed by atoms with van der Waals surface area (Å²) in [5, 5.41) is 17.1. The topological polar surface area (TPSA) is 86.5 Å². The number of para-hydroxylation sites is 2. The van der Waals surface area contributed by atoms with Gasteiger partial charge >= 0.3 is 5.97 Å². The lowest BCUT2D eigenvalue weighted by Crippen LogP contribution is -2.06. The van der Waals surface area contributed by atoms with Gasteiger partial charge in [-0.3, -0.25) is 4.79 Å². The third-order valence-corrected chi connectivity index (χ3v) is 3.68. The van der Waals surface area contributed by atoms with E-state index in [0.29, 0.717) is 22.5 Å². The second-order valence-electron chi connectivity index (χ2n) is 4.08. The molecule has 0 aliphatic carbocycles. The van der Waals surface area contributed by atoms with E-state index in [9.17, 15) is 4.79 Å². The van der Waals surface area contributed by atoms with Gasteiger partial charge in [-0.1, -0.05) is 23.9 Å². The van der Waals surface area contributed by atoms with Gasteiger partial charge in [0.15, 0.2) is 22.5 Å². The fourth-order valence-corrected chi connectivity index (χ4v) is 2.25. The molecule has 0 atom stereocenters. The molecular weight excluding hydrogens is 294 g/mol. The average molecular weight is 309 g/mol. The van der Waals surface area contributed by atoms with E-state index in [1.807, 2.05) is 12.1 Å². The number of aliphatic carboxylic acids is 1. The minimum atomic E-state index is -0.894. The van der Waals surface area contributed by atoms with E-state index in [4.69, 9.17) is 14.6 Å². The molecule has 1 aromatic carbocycles. The van der Waals surface area contributed by atoms with Gasteiger partial charge in [0, 0.05) is 7.05 Å². The van der Waals surface area contributed by atoms with Gasteiger partial charge in [0.25, 0.3) is 0 Å². The van der Waals surface area contributed by atoms with Crippen molar-refractivity contribution < 1.29 is 19.4 Å². The molecule has 0 amide bonds. The highest BCUT2D eigenvalue weighted by Crippen LogP contribution is 2.26. The first kappa shape index (κ1) is 15.2. The molecule has 1 aromatic heterocycles. The van der Waals surface area contributed by atoms with E-state index in [1.54, 1.807) is 30.9 Å². The molecule has 112 valence electrons. The van der Waals surface area contributed by atoms with Gasteiger partial charge in [-0.25, -0.2) is 0 Å². The summed E-state index contributed by atoms with van der Waals surface area (Å²) in [7, 11) is 3.34. The average Bonchev–Trinajstić information content (AvgIpc) is 2.83. The first-order valence-electron chi connectivity index (χ1n) is 6.10. The molecule has 1 N–H and O–H groups in total. The molecule has 0 bridgehead atoms. The van der Waals surface area contributed by atoms with Crippen LogP contribution in [0.4, 0.5) is 0 Å². The van der Waals surface area contributed by atoms with Crippen LogP contribution in [0, 0.1) is 0 Å². The highest BCUT2D eigenvalue weighted by atomic mass is 32.2. The van der Waals surface area contributed by atoms with E-state index in [2.05, 4.69) is 10.2 Å². The second-order valence-corrected chi connectivity index (χ2v) is 5.02. The van der Waals surface area contributed by atoms with Gasteiger partial charge in [0.1, 0.15) is 6.61 Å². The SMILES string of the molecule is COc1ccccc1OCc1nnc(SCC(=O)O)n1C. The van der Waals surface area contributed by atoms with Crippen LogP contribution in [0.5, 0.6) is 11.5 Å². The van der Waals surface area contributed by atoms with Crippen LogP contribution in [0.15, 0.2) is 29.4 Å². The number of ether oxygens (including phenoxy) is 2. The highest BCUT2D eigenvalue weighted by molar-refractivity contribution is 7.99. The fourth-order valence-electron chi connectivity index (χ4n) is 1.60. The molecule has 0 saturated carbocycles. The Balaban J connectivity index is 2.02. The summed E-state index contributed by atoms with van der Waals surface area (Å²) in [6, 6.07) is 7.31. The van der Waals surface area contributed by atoms with Gasteiger partial charge < -0.3 is 19.1 Å². The molecule has 21 heavy (non-hydrogen) atoms. The van der Waals surface area contributed by atoms with Crippen LogP contribution in [0.3, 0.4) is 0 Å². The number of carboxylic acid groups (broad SMARTS) is 1. The summed E-state index contributed by atoms with van der Waals surface area (Å²) >= 11 is 1.11. The molecule has 0 radical (unpaired) electrons. The lowest BCUT2D eigenvalue weighted by molar-refractivity contribution is -0.133. The van der Waals surface area contributed by atoms with Crippen molar-refractivity contribution in [2.75, 3.05) is 12.9 Å². The molecule has 0 aliphatic heterocycles. The molecule has 7 nitrogen and oxygen atoms in total. The van der Waals surface area contributed by atoms with Crippen LogP contribution >= 0.6 is 11.8 Å². The highest BCUT2D eigenvalue weighted by Gasteiger charge is 2.12. The Kier molecular flexibility index (Phi) is 5.04. The van der Waals surface area contributed by atoms with Crippen LogP contribution in [0.1, 0.15) is 5.82 Å². The summed E-state index contributed by atoms with van der Waals surface area (Å²) < 4.78 is 12.6. The van der Waals surface area contributed by atoms with Crippen molar-refractivity contribution in [3.05, 3.63) is 30.1 Å². The second kappa shape index (κ2) is 6.98. The molecule has 0 spiro atoms. The van der Waals surface area contributed by atoms with Crippen molar-refractivity contribution in [1.29, 1.82) is 0 Å². The van der Waals surface area contributed by atoms with Crippen molar-refractivity contribution in [3.63, 3.8) is 0 Å². The molecule has 0 unspecified atom stereocenters. The minimum absolute atomic E-state index is 0.0562.